The Bertz CT molecular complexity index is 711. The number of aryl methyl sites for hydroxylation is 2. The van der Waals surface area contributed by atoms with Crippen molar-refractivity contribution in [3.05, 3.63) is 45.6 Å². The molecule has 2 rings (SSSR count). The summed E-state index contributed by atoms with van der Waals surface area (Å²) < 4.78 is 27.3. The zero-order chi connectivity index (χ0) is 14.8. The number of hydrogen-bond acceptors (Lipinski definition) is 4. The van der Waals surface area contributed by atoms with Gasteiger partial charge >= 0.3 is 0 Å². The Morgan fingerprint density at radius 3 is 2.70 bits per heavy atom. The van der Waals surface area contributed by atoms with Gasteiger partial charge in [0.1, 0.15) is 0 Å². The Hall–Kier alpha value is -0.950. The van der Waals surface area contributed by atoms with Crippen LogP contribution in [0.15, 0.2) is 28.5 Å². The minimum Gasteiger partial charge on any atom is -0.229 e. The molecule has 0 amide bonds. The van der Waals surface area contributed by atoms with Gasteiger partial charge in [0.05, 0.1) is 5.69 Å². The molecule has 0 unspecified atom stereocenters. The number of hydrogen-bond donors (Lipinski definition) is 1. The molecule has 0 saturated heterocycles. The van der Waals surface area contributed by atoms with Crippen LogP contribution in [0, 0.1) is 13.8 Å². The van der Waals surface area contributed by atoms with Crippen LogP contribution in [0.2, 0.25) is 4.47 Å². The highest BCUT2D eigenvalue weighted by Crippen LogP contribution is 2.26. The molecule has 4 nitrogen and oxygen atoms in total. The van der Waals surface area contributed by atoms with Crippen LogP contribution in [-0.4, -0.2) is 19.9 Å². The number of thiazole rings is 1. The maximum absolute atomic E-state index is 12.1. The first kappa shape index (κ1) is 15.4. The molecule has 0 atom stereocenters. The van der Waals surface area contributed by atoms with Crippen molar-refractivity contribution < 1.29 is 8.42 Å². The monoisotopic (exact) mass is 330 g/mol. The van der Waals surface area contributed by atoms with Crippen LogP contribution >= 0.6 is 22.9 Å². The lowest BCUT2D eigenvalue weighted by Gasteiger charge is -2.06. The normalized spacial score (nSPS) is 11.8. The summed E-state index contributed by atoms with van der Waals surface area (Å²) in [6.07, 6.45) is 0.645. The fourth-order valence-electron chi connectivity index (χ4n) is 1.86. The van der Waals surface area contributed by atoms with E-state index in [1.54, 1.807) is 6.92 Å². The van der Waals surface area contributed by atoms with E-state index in [0.29, 0.717) is 18.7 Å². The summed E-state index contributed by atoms with van der Waals surface area (Å²) in [5.74, 6) is 0. The average molecular weight is 331 g/mol. The van der Waals surface area contributed by atoms with Gasteiger partial charge in [0.2, 0.25) is 0 Å². The highest BCUT2D eigenvalue weighted by atomic mass is 35.5. The van der Waals surface area contributed by atoms with Gasteiger partial charge in [-0.2, -0.15) is 0 Å². The second kappa shape index (κ2) is 6.22. The lowest BCUT2D eigenvalue weighted by atomic mass is 10.1. The van der Waals surface area contributed by atoms with Crippen molar-refractivity contribution >= 4 is 33.0 Å². The summed E-state index contributed by atoms with van der Waals surface area (Å²) in [5.41, 5.74) is 2.70. The summed E-state index contributed by atoms with van der Waals surface area (Å²) >= 11 is 6.71. The van der Waals surface area contributed by atoms with Gasteiger partial charge in [-0.15, -0.1) is 0 Å². The summed E-state index contributed by atoms with van der Waals surface area (Å²) in [6.45, 7) is 3.99. The molecule has 0 bridgehead atoms. The zero-order valence-corrected chi connectivity index (χ0v) is 13.6. The predicted molar refractivity (Wildman–Crippen MR) is 81.9 cm³/mol. The predicted octanol–water partition coefficient (Wildman–Crippen LogP) is 2.93. The van der Waals surface area contributed by atoms with Crippen LogP contribution in [0.25, 0.3) is 0 Å². The minimum absolute atomic E-state index is 0.187. The number of sulfonamides is 1. The zero-order valence-electron chi connectivity index (χ0n) is 11.2. The number of halogens is 1. The van der Waals surface area contributed by atoms with Gasteiger partial charge in [-0.3, -0.25) is 0 Å². The van der Waals surface area contributed by atoms with Gasteiger partial charge in [0, 0.05) is 6.54 Å². The SMILES string of the molecule is Cc1cccc(CCNS(=O)(=O)c2sc(Cl)nc2C)c1. The summed E-state index contributed by atoms with van der Waals surface area (Å²) in [7, 11) is -3.53. The molecule has 1 aromatic carbocycles. The first-order valence-corrected chi connectivity index (χ1v) is 8.74. The topological polar surface area (TPSA) is 59.1 Å². The van der Waals surface area contributed by atoms with E-state index in [-0.39, 0.29) is 8.68 Å². The molecule has 2 aromatic rings. The largest absolute Gasteiger partial charge is 0.251 e. The van der Waals surface area contributed by atoms with Gasteiger partial charge in [0.15, 0.2) is 8.68 Å². The third-order valence-corrected chi connectivity index (χ3v) is 6.09. The van der Waals surface area contributed by atoms with Crippen LogP contribution in [-0.2, 0) is 16.4 Å². The molecule has 1 aromatic heterocycles. The van der Waals surface area contributed by atoms with Gasteiger partial charge in [-0.05, 0) is 25.8 Å². The minimum atomic E-state index is -3.53. The molecule has 0 aliphatic heterocycles. The average Bonchev–Trinajstić information content (AvgIpc) is 2.69. The van der Waals surface area contributed by atoms with Crippen molar-refractivity contribution in [3.63, 3.8) is 0 Å². The van der Waals surface area contributed by atoms with Crippen LogP contribution < -0.4 is 4.72 Å². The Morgan fingerprint density at radius 2 is 2.10 bits per heavy atom. The number of nitrogens with one attached hydrogen (secondary N) is 1. The third-order valence-electron chi connectivity index (χ3n) is 2.76. The van der Waals surface area contributed by atoms with E-state index < -0.39 is 10.0 Å². The first-order chi connectivity index (χ1) is 9.38. The van der Waals surface area contributed by atoms with E-state index in [1.165, 1.54) is 0 Å². The second-order valence-electron chi connectivity index (χ2n) is 4.48. The van der Waals surface area contributed by atoms with E-state index in [1.807, 2.05) is 31.2 Å². The van der Waals surface area contributed by atoms with E-state index in [2.05, 4.69) is 9.71 Å². The van der Waals surface area contributed by atoms with E-state index in [9.17, 15) is 8.42 Å². The molecule has 0 fully saturated rings. The van der Waals surface area contributed by atoms with E-state index in [0.717, 1.165) is 22.5 Å². The summed E-state index contributed by atoms with van der Waals surface area (Å²) in [5, 5.41) is 0. The molecule has 1 heterocycles. The van der Waals surface area contributed by atoms with Crippen LogP contribution in [0.4, 0.5) is 0 Å². The lowest BCUT2D eigenvalue weighted by Crippen LogP contribution is -2.25. The Balaban J connectivity index is 2.01. The molecule has 0 aliphatic rings. The van der Waals surface area contributed by atoms with Crippen molar-refractivity contribution in [1.29, 1.82) is 0 Å². The molecule has 0 radical (unpaired) electrons. The van der Waals surface area contributed by atoms with Crippen LogP contribution in [0.5, 0.6) is 0 Å². The quantitative estimate of drug-likeness (QED) is 0.917. The van der Waals surface area contributed by atoms with Crippen molar-refractivity contribution in [2.75, 3.05) is 6.54 Å². The van der Waals surface area contributed by atoms with E-state index in [4.69, 9.17) is 11.6 Å². The van der Waals surface area contributed by atoms with Gasteiger partial charge < -0.3 is 0 Å². The van der Waals surface area contributed by atoms with Crippen LogP contribution in [0.3, 0.4) is 0 Å². The molecular formula is C13H15ClN2O2S2. The molecule has 0 saturated carbocycles. The van der Waals surface area contributed by atoms with Crippen molar-refractivity contribution in [1.82, 2.24) is 9.71 Å². The fourth-order valence-corrected chi connectivity index (χ4v) is 4.68. The molecular weight excluding hydrogens is 316 g/mol. The lowest BCUT2D eigenvalue weighted by molar-refractivity contribution is 0.583. The maximum atomic E-state index is 12.1. The number of rotatable bonds is 5. The van der Waals surface area contributed by atoms with Crippen molar-refractivity contribution in [2.24, 2.45) is 0 Å². The van der Waals surface area contributed by atoms with E-state index >= 15 is 0 Å². The van der Waals surface area contributed by atoms with Gasteiger partial charge in [0.25, 0.3) is 10.0 Å². The van der Waals surface area contributed by atoms with Crippen molar-refractivity contribution in [2.45, 2.75) is 24.5 Å². The highest BCUT2D eigenvalue weighted by Gasteiger charge is 2.20. The Morgan fingerprint density at radius 1 is 1.35 bits per heavy atom. The molecule has 20 heavy (non-hydrogen) atoms. The standard InChI is InChI=1S/C13H15ClN2O2S2/c1-9-4-3-5-11(8-9)6-7-15-20(17,18)12-10(2)16-13(14)19-12/h3-5,8,15H,6-7H2,1-2H3. The smallest absolute Gasteiger partial charge is 0.229 e. The fraction of sp³-hybridized carbons (Fsp3) is 0.308. The number of aromatic nitrogens is 1. The summed E-state index contributed by atoms with van der Waals surface area (Å²) in [4.78, 5) is 3.92. The third kappa shape index (κ3) is 3.79. The second-order valence-corrected chi connectivity index (χ2v) is 8.02. The number of nitrogens with zero attached hydrogens (tertiary/aromatic N) is 1. The molecule has 7 heteroatoms. The van der Waals surface area contributed by atoms with Crippen molar-refractivity contribution in [3.8, 4) is 0 Å². The highest BCUT2D eigenvalue weighted by molar-refractivity contribution is 7.91. The summed E-state index contributed by atoms with van der Waals surface area (Å²) in [6, 6.07) is 8.00. The molecule has 108 valence electrons. The number of benzene rings is 1. The Kier molecular flexibility index (Phi) is 4.80. The maximum Gasteiger partial charge on any atom is 0.251 e. The first-order valence-electron chi connectivity index (χ1n) is 6.06. The van der Waals surface area contributed by atoms with Gasteiger partial charge in [-0.1, -0.05) is 52.8 Å². The molecule has 0 spiro atoms. The van der Waals surface area contributed by atoms with Crippen LogP contribution in [0.1, 0.15) is 16.8 Å². The van der Waals surface area contributed by atoms with Gasteiger partial charge in [-0.25, -0.2) is 18.1 Å². The molecule has 0 aliphatic carbocycles. The molecule has 1 N–H and O–H groups in total. The Labute approximate surface area is 127 Å².